The number of amides is 1. The average molecular weight is 246 g/mol. The molecule has 1 aromatic heterocycles. The van der Waals surface area contributed by atoms with Gasteiger partial charge < -0.3 is 15.0 Å². The predicted octanol–water partition coefficient (Wildman–Crippen LogP) is 3.10. The number of rotatable bonds is 5. The molecule has 0 bridgehead atoms. The summed E-state index contributed by atoms with van der Waals surface area (Å²) in [5.41, 5.74) is 2.46. The number of fused-ring (bicyclic) bond motifs is 1. The largest absolute Gasteiger partial charge is 0.465 e. The summed E-state index contributed by atoms with van der Waals surface area (Å²) in [5.74, 6) is 0. The minimum Gasteiger partial charge on any atom is -0.465 e. The number of aromatic nitrogens is 1. The van der Waals surface area contributed by atoms with Gasteiger partial charge in [-0.15, -0.1) is 0 Å². The topological polar surface area (TPSA) is 56.3 Å². The first-order valence-corrected chi connectivity index (χ1v) is 6.17. The smallest absolute Gasteiger partial charge is 0.407 e. The van der Waals surface area contributed by atoms with Crippen molar-refractivity contribution in [3.8, 4) is 0 Å². The van der Waals surface area contributed by atoms with Gasteiger partial charge in [-0.3, -0.25) is 0 Å². The minimum absolute atomic E-state index is 0.597. The maximum absolute atomic E-state index is 10.6. The molecule has 0 aliphatic rings. The van der Waals surface area contributed by atoms with Crippen LogP contribution < -0.4 is 0 Å². The van der Waals surface area contributed by atoms with E-state index in [2.05, 4.69) is 29.2 Å². The van der Waals surface area contributed by atoms with Gasteiger partial charge in [0.1, 0.15) is 0 Å². The van der Waals surface area contributed by atoms with Crippen LogP contribution in [0.2, 0.25) is 0 Å². The molecule has 2 N–H and O–H groups in total. The number of hydrogen-bond acceptors (Lipinski definition) is 1. The summed E-state index contributed by atoms with van der Waals surface area (Å²) in [6.07, 6.45) is 3.97. The van der Waals surface area contributed by atoms with Crippen LogP contribution in [0.1, 0.15) is 18.4 Å². The van der Waals surface area contributed by atoms with Crippen molar-refractivity contribution in [2.45, 2.75) is 19.3 Å². The lowest BCUT2D eigenvalue weighted by molar-refractivity contribution is 0.155. The number of benzene rings is 1. The van der Waals surface area contributed by atoms with Gasteiger partial charge in [-0.05, 0) is 42.3 Å². The van der Waals surface area contributed by atoms with Crippen molar-refractivity contribution in [2.75, 3.05) is 13.6 Å². The van der Waals surface area contributed by atoms with Crippen molar-refractivity contribution in [2.24, 2.45) is 0 Å². The van der Waals surface area contributed by atoms with Crippen molar-refractivity contribution in [3.05, 3.63) is 36.0 Å². The number of aromatic amines is 1. The zero-order valence-electron chi connectivity index (χ0n) is 10.5. The normalized spacial score (nSPS) is 10.7. The van der Waals surface area contributed by atoms with Crippen molar-refractivity contribution in [1.29, 1.82) is 0 Å². The Morgan fingerprint density at radius 3 is 2.94 bits per heavy atom. The molecule has 2 rings (SSSR count). The van der Waals surface area contributed by atoms with Crippen molar-refractivity contribution in [1.82, 2.24) is 9.88 Å². The maximum atomic E-state index is 10.6. The van der Waals surface area contributed by atoms with E-state index in [9.17, 15) is 4.79 Å². The van der Waals surface area contributed by atoms with E-state index in [0.29, 0.717) is 6.54 Å². The number of carboxylic acid groups (broad SMARTS) is 1. The Bertz CT molecular complexity index is 533. The third kappa shape index (κ3) is 3.03. The van der Waals surface area contributed by atoms with E-state index in [-0.39, 0.29) is 0 Å². The molecule has 0 aliphatic carbocycles. The number of aryl methyl sites for hydroxylation is 1. The average Bonchev–Trinajstić information content (AvgIpc) is 2.81. The Labute approximate surface area is 106 Å². The summed E-state index contributed by atoms with van der Waals surface area (Å²) in [6, 6.07) is 8.47. The van der Waals surface area contributed by atoms with E-state index in [1.165, 1.54) is 15.8 Å². The molecule has 0 saturated carbocycles. The van der Waals surface area contributed by atoms with Gasteiger partial charge in [0, 0.05) is 25.3 Å². The number of unbranched alkanes of at least 4 members (excludes halogenated alkanes) is 1. The lowest BCUT2D eigenvalue weighted by Crippen LogP contribution is -2.25. The second-order valence-corrected chi connectivity index (χ2v) is 4.56. The highest BCUT2D eigenvalue weighted by molar-refractivity contribution is 5.79. The summed E-state index contributed by atoms with van der Waals surface area (Å²) in [5, 5.41) is 9.94. The van der Waals surface area contributed by atoms with E-state index in [0.717, 1.165) is 24.8 Å². The fourth-order valence-corrected chi connectivity index (χ4v) is 2.02. The van der Waals surface area contributed by atoms with Gasteiger partial charge in [-0.1, -0.05) is 12.1 Å². The molecule has 0 aliphatic heterocycles. The minimum atomic E-state index is -0.859. The number of nitrogens with zero attached hydrogens (tertiary/aromatic N) is 1. The highest BCUT2D eigenvalue weighted by atomic mass is 16.4. The van der Waals surface area contributed by atoms with Crippen LogP contribution in [-0.2, 0) is 6.42 Å². The van der Waals surface area contributed by atoms with E-state index in [1.807, 2.05) is 6.20 Å². The van der Waals surface area contributed by atoms with Crippen molar-refractivity contribution in [3.63, 3.8) is 0 Å². The summed E-state index contributed by atoms with van der Waals surface area (Å²) in [7, 11) is 1.60. The van der Waals surface area contributed by atoms with E-state index >= 15 is 0 Å². The molecule has 1 amide bonds. The standard InChI is InChI=1S/C14H18N2O2/c1-16(14(17)18)9-3-2-4-11-5-6-12-7-8-15-13(12)10-11/h5-8,10,15H,2-4,9H2,1H3,(H,17,18). The van der Waals surface area contributed by atoms with Crippen molar-refractivity contribution >= 4 is 17.0 Å². The number of hydrogen-bond donors (Lipinski definition) is 2. The lowest BCUT2D eigenvalue weighted by atomic mass is 10.1. The zero-order valence-corrected chi connectivity index (χ0v) is 10.5. The van der Waals surface area contributed by atoms with Crippen LogP contribution in [0.25, 0.3) is 10.9 Å². The van der Waals surface area contributed by atoms with Crippen LogP contribution in [0.15, 0.2) is 30.5 Å². The molecule has 4 heteroatoms. The van der Waals surface area contributed by atoms with E-state index < -0.39 is 6.09 Å². The van der Waals surface area contributed by atoms with Gasteiger partial charge in [0.15, 0.2) is 0 Å². The fourth-order valence-electron chi connectivity index (χ4n) is 2.02. The molecule has 0 unspecified atom stereocenters. The van der Waals surface area contributed by atoms with Gasteiger partial charge in [0.2, 0.25) is 0 Å². The van der Waals surface area contributed by atoms with Gasteiger partial charge in [0.05, 0.1) is 0 Å². The van der Waals surface area contributed by atoms with Gasteiger partial charge in [-0.2, -0.15) is 0 Å². The first kappa shape index (κ1) is 12.5. The van der Waals surface area contributed by atoms with E-state index in [1.54, 1.807) is 7.05 Å². The third-order valence-electron chi connectivity index (χ3n) is 3.15. The molecule has 1 aromatic carbocycles. The molecule has 0 fully saturated rings. The highest BCUT2D eigenvalue weighted by Gasteiger charge is 2.04. The molecule has 0 saturated heterocycles. The number of H-pyrrole nitrogens is 1. The summed E-state index contributed by atoms with van der Waals surface area (Å²) >= 11 is 0. The molecule has 4 nitrogen and oxygen atoms in total. The Balaban J connectivity index is 1.81. The summed E-state index contributed by atoms with van der Waals surface area (Å²) in [6.45, 7) is 0.597. The Morgan fingerprint density at radius 1 is 1.33 bits per heavy atom. The monoisotopic (exact) mass is 246 g/mol. The first-order valence-electron chi connectivity index (χ1n) is 6.17. The molecule has 1 heterocycles. The highest BCUT2D eigenvalue weighted by Crippen LogP contribution is 2.15. The van der Waals surface area contributed by atoms with Crippen molar-refractivity contribution < 1.29 is 9.90 Å². The number of carbonyl (C=O) groups is 1. The van der Waals surface area contributed by atoms with Gasteiger partial charge >= 0.3 is 6.09 Å². The zero-order chi connectivity index (χ0) is 13.0. The van der Waals surface area contributed by atoms with Gasteiger partial charge in [-0.25, -0.2) is 4.79 Å². The third-order valence-corrected chi connectivity index (χ3v) is 3.15. The molecule has 18 heavy (non-hydrogen) atoms. The molecule has 0 radical (unpaired) electrons. The number of nitrogens with one attached hydrogen (secondary N) is 1. The molecule has 96 valence electrons. The summed E-state index contributed by atoms with van der Waals surface area (Å²) in [4.78, 5) is 15.1. The SMILES string of the molecule is CN(CCCCc1ccc2cc[nH]c2c1)C(=O)O. The van der Waals surface area contributed by atoms with Crippen LogP contribution in [0.5, 0.6) is 0 Å². The Hall–Kier alpha value is -1.97. The van der Waals surface area contributed by atoms with Crippen LogP contribution >= 0.6 is 0 Å². The molecular weight excluding hydrogens is 228 g/mol. The van der Waals surface area contributed by atoms with Crippen LogP contribution in [0.4, 0.5) is 4.79 Å². The summed E-state index contributed by atoms with van der Waals surface area (Å²) < 4.78 is 0. The predicted molar refractivity (Wildman–Crippen MR) is 71.9 cm³/mol. The first-order chi connectivity index (χ1) is 8.66. The van der Waals surface area contributed by atoms with Crippen LogP contribution in [0.3, 0.4) is 0 Å². The lowest BCUT2D eigenvalue weighted by Gasteiger charge is -2.12. The molecule has 0 spiro atoms. The quantitative estimate of drug-likeness (QED) is 0.796. The van der Waals surface area contributed by atoms with E-state index in [4.69, 9.17) is 5.11 Å². The maximum Gasteiger partial charge on any atom is 0.407 e. The Kier molecular flexibility index (Phi) is 3.87. The molecule has 0 atom stereocenters. The van der Waals surface area contributed by atoms with Crippen LogP contribution in [0, 0.1) is 0 Å². The van der Waals surface area contributed by atoms with Gasteiger partial charge in [0.25, 0.3) is 0 Å². The second-order valence-electron chi connectivity index (χ2n) is 4.56. The Morgan fingerprint density at radius 2 is 2.17 bits per heavy atom. The van der Waals surface area contributed by atoms with Crippen LogP contribution in [-0.4, -0.2) is 34.7 Å². The molecule has 2 aromatic rings. The molecular formula is C14H18N2O2. The second kappa shape index (κ2) is 5.58. The fraction of sp³-hybridized carbons (Fsp3) is 0.357.